The zero-order valence-electron chi connectivity index (χ0n) is 20.2. The Balaban J connectivity index is 1.45. The third-order valence-corrected chi connectivity index (χ3v) is 7.78. The number of phenolic OH excluding ortho intramolecular Hbond substituents is 1. The van der Waals surface area contributed by atoms with Gasteiger partial charge in [-0.15, -0.1) is 0 Å². The third kappa shape index (κ3) is 5.69. The third-order valence-electron chi connectivity index (χ3n) is 6.19. The minimum absolute atomic E-state index is 0.136. The normalized spacial score (nSPS) is 20.4. The van der Waals surface area contributed by atoms with Crippen LogP contribution in [-0.2, 0) is 20.0 Å². The van der Waals surface area contributed by atoms with E-state index in [0.717, 1.165) is 34.2 Å². The molecule has 3 aromatic rings. The van der Waals surface area contributed by atoms with Gasteiger partial charge in [-0.25, -0.2) is 0 Å². The molecule has 1 N–H and O–H groups in total. The largest absolute Gasteiger partial charge is 0.508 e. The average molecular weight is 482 g/mol. The van der Waals surface area contributed by atoms with Crippen LogP contribution in [-0.4, -0.2) is 23.0 Å². The summed E-state index contributed by atoms with van der Waals surface area (Å²) in [6.07, 6.45) is 4.36. The first-order valence-corrected chi connectivity index (χ1v) is 13.3. The highest BCUT2D eigenvalue weighted by atomic mass is 31.2. The van der Waals surface area contributed by atoms with Crippen LogP contribution in [0.15, 0.2) is 54.9 Å². The molecule has 1 aliphatic heterocycles. The minimum atomic E-state index is -3.38. The van der Waals surface area contributed by atoms with Crippen molar-refractivity contribution in [2.24, 2.45) is 0 Å². The topological polar surface area (TPSA) is 77.9 Å². The van der Waals surface area contributed by atoms with Crippen LogP contribution in [0, 0.1) is 13.8 Å². The van der Waals surface area contributed by atoms with E-state index in [-0.39, 0.29) is 18.4 Å². The quantitative estimate of drug-likeness (QED) is 0.373. The number of aromatic nitrogens is 1. The number of aryl methyl sites for hydroxylation is 2. The van der Waals surface area contributed by atoms with E-state index in [9.17, 15) is 9.67 Å². The van der Waals surface area contributed by atoms with Crippen LogP contribution in [0.4, 0.5) is 0 Å². The van der Waals surface area contributed by atoms with E-state index >= 15 is 0 Å². The van der Waals surface area contributed by atoms with E-state index in [1.807, 2.05) is 44.2 Å². The first kappa shape index (κ1) is 24.5. The average Bonchev–Trinajstić information content (AvgIpc) is 2.81. The maximum Gasteiger partial charge on any atom is 0.368 e. The molecule has 2 atom stereocenters. The summed E-state index contributed by atoms with van der Waals surface area (Å²) < 4.78 is 30.4. The van der Waals surface area contributed by atoms with Gasteiger partial charge in [0.15, 0.2) is 6.35 Å². The smallest absolute Gasteiger partial charge is 0.368 e. The second-order valence-corrected chi connectivity index (χ2v) is 11.1. The number of phenols is 1. The van der Waals surface area contributed by atoms with Crippen molar-refractivity contribution in [2.75, 3.05) is 13.0 Å². The Bertz CT molecular complexity index is 1170. The Hall–Kier alpha value is -2.66. The zero-order valence-corrected chi connectivity index (χ0v) is 21.0. The molecule has 0 spiro atoms. The Kier molecular flexibility index (Phi) is 7.42. The van der Waals surface area contributed by atoms with E-state index in [4.69, 9.17) is 13.8 Å². The number of aromatic hydroxyl groups is 1. The second kappa shape index (κ2) is 10.3. The Morgan fingerprint density at radius 3 is 2.50 bits per heavy atom. The lowest BCUT2D eigenvalue weighted by molar-refractivity contribution is 0.0725. The zero-order chi connectivity index (χ0) is 24.3. The van der Waals surface area contributed by atoms with Gasteiger partial charge in [-0.2, -0.15) is 0 Å². The maximum absolute atomic E-state index is 13.2. The van der Waals surface area contributed by atoms with Crippen molar-refractivity contribution >= 4 is 7.60 Å². The molecule has 0 bridgehead atoms. The van der Waals surface area contributed by atoms with E-state index in [2.05, 4.69) is 24.9 Å². The Morgan fingerprint density at radius 1 is 1.12 bits per heavy atom. The van der Waals surface area contributed by atoms with Crippen LogP contribution in [0.25, 0.3) is 0 Å². The predicted octanol–water partition coefficient (Wildman–Crippen LogP) is 6.83. The molecule has 1 fully saturated rings. The number of pyridine rings is 1. The molecule has 2 aromatic carbocycles. The maximum atomic E-state index is 13.2. The number of ether oxygens (including phenoxy) is 1. The van der Waals surface area contributed by atoms with E-state index in [1.165, 1.54) is 5.56 Å². The van der Waals surface area contributed by atoms with Crippen LogP contribution in [0.2, 0.25) is 0 Å². The van der Waals surface area contributed by atoms with Crippen molar-refractivity contribution in [3.63, 3.8) is 0 Å². The van der Waals surface area contributed by atoms with Gasteiger partial charge in [0.25, 0.3) is 0 Å². The molecule has 34 heavy (non-hydrogen) atoms. The fourth-order valence-corrected chi connectivity index (χ4v) is 5.80. The number of benzene rings is 2. The fraction of sp³-hybridized carbons (Fsp3) is 0.370. The van der Waals surface area contributed by atoms with E-state index < -0.39 is 7.60 Å². The molecule has 0 amide bonds. The Morgan fingerprint density at radius 2 is 1.82 bits per heavy atom. The van der Waals surface area contributed by atoms with Crippen LogP contribution in [0.5, 0.6) is 11.5 Å². The van der Waals surface area contributed by atoms with Crippen molar-refractivity contribution in [2.45, 2.75) is 52.6 Å². The first-order chi connectivity index (χ1) is 16.2. The molecule has 180 valence electrons. The molecule has 2 heterocycles. The van der Waals surface area contributed by atoms with Gasteiger partial charge in [0.2, 0.25) is 0 Å². The van der Waals surface area contributed by atoms with Gasteiger partial charge >= 0.3 is 7.60 Å². The van der Waals surface area contributed by atoms with Crippen molar-refractivity contribution in [3.05, 3.63) is 88.2 Å². The van der Waals surface area contributed by atoms with Crippen molar-refractivity contribution in [1.82, 2.24) is 4.98 Å². The fourth-order valence-electron chi connectivity index (χ4n) is 4.30. The summed E-state index contributed by atoms with van der Waals surface area (Å²) in [4.78, 5) is 4.03. The highest BCUT2D eigenvalue weighted by Gasteiger charge is 2.35. The summed E-state index contributed by atoms with van der Waals surface area (Å²) in [5.41, 5.74) is 6.43. The minimum Gasteiger partial charge on any atom is -0.508 e. The molecule has 0 aliphatic carbocycles. The molecule has 1 aromatic heterocycles. The van der Waals surface area contributed by atoms with Gasteiger partial charge in [0.05, 0.1) is 12.7 Å². The van der Waals surface area contributed by atoms with E-state index in [0.29, 0.717) is 24.5 Å². The summed E-state index contributed by atoms with van der Waals surface area (Å²) >= 11 is 0. The molecule has 0 saturated carbocycles. The molecule has 4 rings (SSSR count). The molecule has 1 unspecified atom stereocenters. The molecule has 1 saturated heterocycles. The second-order valence-electron chi connectivity index (χ2n) is 9.14. The van der Waals surface area contributed by atoms with Gasteiger partial charge < -0.3 is 14.4 Å². The number of rotatable bonds is 7. The van der Waals surface area contributed by atoms with Gasteiger partial charge in [-0.05, 0) is 89.9 Å². The molecule has 7 heteroatoms. The van der Waals surface area contributed by atoms with Crippen molar-refractivity contribution in [1.29, 1.82) is 0 Å². The van der Waals surface area contributed by atoms with E-state index in [1.54, 1.807) is 18.5 Å². The van der Waals surface area contributed by atoms with Crippen LogP contribution < -0.4 is 4.74 Å². The van der Waals surface area contributed by atoms with Crippen molar-refractivity contribution in [3.8, 4) is 11.5 Å². The summed E-state index contributed by atoms with van der Waals surface area (Å²) in [5, 5.41) is 10.1. The molecular formula is C27H32NO5P. The Labute approximate surface area is 201 Å². The predicted molar refractivity (Wildman–Crippen MR) is 133 cm³/mol. The molecule has 6 nitrogen and oxygen atoms in total. The summed E-state index contributed by atoms with van der Waals surface area (Å²) in [6.45, 7) is 8.61. The lowest BCUT2D eigenvalue weighted by atomic mass is 9.93. The van der Waals surface area contributed by atoms with Crippen molar-refractivity contribution < 1.29 is 23.5 Å². The summed E-state index contributed by atoms with van der Waals surface area (Å²) in [5.74, 6) is 1.23. The van der Waals surface area contributed by atoms with Crippen LogP contribution in [0.1, 0.15) is 65.7 Å². The molecule has 0 radical (unpaired) electrons. The SMILES string of the molecule is Cc1cc(OCP2(=O)OCC[C@@H](c3ccncc3)O2)cc(C)c1Cc1ccc(O)c(C(C)C)c1. The monoisotopic (exact) mass is 481 g/mol. The van der Waals surface area contributed by atoms with Gasteiger partial charge in [-0.1, -0.05) is 26.0 Å². The first-order valence-electron chi connectivity index (χ1n) is 11.6. The number of hydrogen-bond donors (Lipinski definition) is 1. The highest BCUT2D eigenvalue weighted by Crippen LogP contribution is 2.55. The van der Waals surface area contributed by atoms with Gasteiger partial charge in [-0.3, -0.25) is 14.1 Å². The lowest BCUT2D eigenvalue weighted by Crippen LogP contribution is -2.17. The van der Waals surface area contributed by atoms with Gasteiger partial charge in [0.1, 0.15) is 11.5 Å². The summed E-state index contributed by atoms with van der Waals surface area (Å²) in [7, 11) is -3.38. The summed E-state index contributed by atoms with van der Waals surface area (Å²) in [6, 6.07) is 13.5. The molecular weight excluding hydrogens is 449 g/mol. The molecule has 1 aliphatic rings. The standard InChI is InChI=1S/C27H32NO5P/c1-18(2)24-15-21(5-6-26(24)29)16-25-19(3)13-23(14-20(25)4)31-17-34(30)32-12-9-27(33-34)22-7-10-28-11-8-22/h5-8,10-11,13-15,18,27,29H,9,12,16-17H2,1-4H3/t27-,34?/m0/s1. The van der Waals surface area contributed by atoms with Crippen LogP contribution in [0.3, 0.4) is 0 Å². The number of hydrogen-bond acceptors (Lipinski definition) is 6. The van der Waals surface area contributed by atoms with Crippen LogP contribution >= 0.6 is 7.60 Å². The van der Waals surface area contributed by atoms with Gasteiger partial charge in [0, 0.05) is 18.8 Å². The number of nitrogens with zero attached hydrogens (tertiary/aromatic N) is 1. The lowest BCUT2D eigenvalue weighted by Gasteiger charge is -2.29. The highest BCUT2D eigenvalue weighted by molar-refractivity contribution is 7.53.